The topological polar surface area (TPSA) is 47.3 Å². The average Bonchev–Trinajstić information content (AvgIpc) is 2.37. The van der Waals surface area contributed by atoms with Gasteiger partial charge in [0.05, 0.1) is 12.6 Å². The van der Waals surface area contributed by atoms with Gasteiger partial charge in [0, 0.05) is 13.2 Å². The molecule has 1 N–H and O–H groups in total. The predicted molar refractivity (Wildman–Crippen MR) is 37.2 cm³/mol. The summed E-state index contributed by atoms with van der Waals surface area (Å²) < 4.78 is 0. The molecule has 1 aliphatic heterocycles. The number of hydrogen-bond donors (Lipinski definition) is 1. The van der Waals surface area contributed by atoms with Gasteiger partial charge in [-0.05, 0) is 18.9 Å². The Morgan fingerprint density at radius 1 is 1.70 bits per heavy atom. The van der Waals surface area contributed by atoms with Crippen LogP contribution >= 0.6 is 0 Å². The zero-order valence-electron chi connectivity index (χ0n) is 5.95. The Bertz CT molecular complexity index is 141. The number of aliphatic hydroxyl groups is 1. The minimum absolute atomic E-state index is 0.266. The molecule has 1 fully saturated rings. The first-order chi connectivity index (χ1) is 4.86. The van der Waals surface area contributed by atoms with Gasteiger partial charge in [-0.3, -0.25) is 4.90 Å². The van der Waals surface area contributed by atoms with Crippen molar-refractivity contribution in [3.8, 4) is 6.07 Å². The van der Waals surface area contributed by atoms with E-state index in [4.69, 9.17) is 10.4 Å². The van der Waals surface area contributed by atoms with E-state index in [0.29, 0.717) is 12.5 Å². The van der Waals surface area contributed by atoms with Crippen molar-refractivity contribution in [1.82, 2.24) is 4.90 Å². The van der Waals surface area contributed by atoms with Crippen LogP contribution in [0.15, 0.2) is 0 Å². The van der Waals surface area contributed by atoms with Crippen molar-refractivity contribution in [2.24, 2.45) is 5.92 Å². The van der Waals surface area contributed by atoms with Gasteiger partial charge in [0.25, 0.3) is 0 Å². The second-order valence-electron chi connectivity index (χ2n) is 2.73. The lowest BCUT2D eigenvalue weighted by Gasteiger charge is -2.09. The molecular weight excluding hydrogens is 128 g/mol. The molecule has 10 heavy (non-hydrogen) atoms. The Balaban J connectivity index is 2.23. The molecule has 0 amide bonds. The normalized spacial score (nSPS) is 26.6. The maximum absolute atomic E-state index is 8.74. The molecule has 0 aromatic rings. The summed E-state index contributed by atoms with van der Waals surface area (Å²) in [4.78, 5) is 2.07. The monoisotopic (exact) mass is 140 g/mol. The van der Waals surface area contributed by atoms with Gasteiger partial charge in [-0.25, -0.2) is 0 Å². The zero-order chi connectivity index (χ0) is 7.40. The lowest BCUT2D eigenvalue weighted by molar-refractivity contribution is 0.225. The first-order valence-electron chi connectivity index (χ1n) is 3.57. The van der Waals surface area contributed by atoms with Crippen LogP contribution in [0.5, 0.6) is 0 Å². The van der Waals surface area contributed by atoms with E-state index in [1.165, 1.54) is 0 Å². The molecule has 0 aliphatic carbocycles. The Kier molecular flexibility index (Phi) is 2.67. The Hall–Kier alpha value is -0.590. The average molecular weight is 140 g/mol. The van der Waals surface area contributed by atoms with Crippen molar-refractivity contribution in [2.45, 2.75) is 6.42 Å². The van der Waals surface area contributed by atoms with E-state index >= 15 is 0 Å². The number of nitriles is 1. The molecule has 1 unspecified atom stereocenters. The van der Waals surface area contributed by atoms with Crippen molar-refractivity contribution >= 4 is 0 Å². The van der Waals surface area contributed by atoms with Gasteiger partial charge in [0.1, 0.15) is 0 Å². The maximum atomic E-state index is 8.74. The minimum Gasteiger partial charge on any atom is -0.396 e. The third-order valence-corrected chi connectivity index (χ3v) is 1.92. The molecule has 1 atom stereocenters. The van der Waals surface area contributed by atoms with Gasteiger partial charge in [0.2, 0.25) is 0 Å². The van der Waals surface area contributed by atoms with E-state index in [-0.39, 0.29) is 6.61 Å². The summed E-state index contributed by atoms with van der Waals surface area (Å²) in [5, 5.41) is 17.1. The van der Waals surface area contributed by atoms with Crippen LogP contribution in [0.3, 0.4) is 0 Å². The van der Waals surface area contributed by atoms with Gasteiger partial charge in [-0.2, -0.15) is 5.26 Å². The minimum atomic E-state index is 0.266. The summed E-state index contributed by atoms with van der Waals surface area (Å²) in [6, 6.07) is 2.10. The molecule has 1 saturated heterocycles. The molecule has 1 aliphatic rings. The van der Waals surface area contributed by atoms with Crippen molar-refractivity contribution in [3.63, 3.8) is 0 Å². The summed E-state index contributed by atoms with van der Waals surface area (Å²) in [6.45, 7) is 2.64. The largest absolute Gasteiger partial charge is 0.396 e. The van der Waals surface area contributed by atoms with E-state index < -0.39 is 0 Å². The Morgan fingerprint density at radius 3 is 3.00 bits per heavy atom. The maximum Gasteiger partial charge on any atom is 0.0866 e. The molecule has 1 rings (SSSR count). The number of nitrogens with zero attached hydrogens (tertiary/aromatic N) is 2. The van der Waals surface area contributed by atoms with Crippen LogP contribution in [0.25, 0.3) is 0 Å². The molecule has 3 heteroatoms. The van der Waals surface area contributed by atoms with Crippen LogP contribution in [0.1, 0.15) is 6.42 Å². The van der Waals surface area contributed by atoms with E-state index in [1.54, 1.807) is 0 Å². The lowest BCUT2D eigenvalue weighted by atomic mass is 10.1. The van der Waals surface area contributed by atoms with Gasteiger partial charge in [-0.15, -0.1) is 0 Å². The fourth-order valence-electron chi connectivity index (χ4n) is 1.31. The summed E-state index contributed by atoms with van der Waals surface area (Å²) in [6.07, 6.45) is 1.04. The van der Waals surface area contributed by atoms with Gasteiger partial charge in [0.15, 0.2) is 0 Å². The third-order valence-electron chi connectivity index (χ3n) is 1.92. The summed E-state index contributed by atoms with van der Waals surface area (Å²) >= 11 is 0. The molecular formula is C7H12N2O. The highest BCUT2D eigenvalue weighted by Gasteiger charge is 2.20. The standard InChI is InChI=1S/C7H12N2O/c8-2-4-9-3-1-7(5-9)6-10/h7,10H,1,3-6H2. The smallest absolute Gasteiger partial charge is 0.0866 e. The first kappa shape index (κ1) is 7.52. The zero-order valence-corrected chi connectivity index (χ0v) is 5.95. The van der Waals surface area contributed by atoms with Gasteiger partial charge < -0.3 is 5.11 Å². The van der Waals surface area contributed by atoms with Crippen LogP contribution in [0.4, 0.5) is 0 Å². The van der Waals surface area contributed by atoms with Crippen molar-refractivity contribution < 1.29 is 5.11 Å². The Labute approximate surface area is 60.9 Å². The van der Waals surface area contributed by atoms with Crippen LogP contribution in [-0.2, 0) is 0 Å². The summed E-state index contributed by atoms with van der Waals surface area (Å²) in [7, 11) is 0. The number of rotatable bonds is 2. The molecule has 0 radical (unpaired) electrons. The van der Waals surface area contributed by atoms with E-state index in [9.17, 15) is 0 Å². The second kappa shape index (κ2) is 3.55. The molecule has 0 aromatic carbocycles. The molecule has 1 heterocycles. The fraction of sp³-hybridized carbons (Fsp3) is 0.857. The highest BCUT2D eigenvalue weighted by atomic mass is 16.3. The van der Waals surface area contributed by atoms with E-state index in [1.807, 2.05) is 0 Å². The quantitative estimate of drug-likeness (QED) is 0.541. The Morgan fingerprint density at radius 2 is 2.50 bits per heavy atom. The van der Waals surface area contributed by atoms with Crippen molar-refractivity contribution in [3.05, 3.63) is 0 Å². The molecule has 0 spiro atoms. The van der Waals surface area contributed by atoms with E-state index in [0.717, 1.165) is 19.5 Å². The van der Waals surface area contributed by atoms with Crippen LogP contribution in [0.2, 0.25) is 0 Å². The van der Waals surface area contributed by atoms with Crippen molar-refractivity contribution in [1.29, 1.82) is 5.26 Å². The highest BCUT2D eigenvalue weighted by molar-refractivity contribution is 4.82. The molecule has 0 aromatic heterocycles. The number of aliphatic hydroxyl groups excluding tert-OH is 1. The predicted octanol–water partition coefficient (Wildman–Crippen LogP) is -0.176. The third kappa shape index (κ3) is 1.69. The van der Waals surface area contributed by atoms with Crippen LogP contribution < -0.4 is 0 Å². The van der Waals surface area contributed by atoms with Gasteiger partial charge in [-0.1, -0.05) is 0 Å². The summed E-state index contributed by atoms with van der Waals surface area (Å²) in [5.41, 5.74) is 0. The lowest BCUT2D eigenvalue weighted by Crippen LogP contribution is -2.21. The van der Waals surface area contributed by atoms with Crippen LogP contribution in [0, 0.1) is 17.2 Å². The number of hydrogen-bond acceptors (Lipinski definition) is 3. The van der Waals surface area contributed by atoms with Gasteiger partial charge >= 0.3 is 0 Å². The fourth-order valence-corrected chi connectivity index (χ4v) is 1.31. The molecule has 0 saturated carbocycles. The SMILES string of the molecule is N#CCN1CCC(CO)C1. The van der Waals surface area contributed by atoms with Crippen LogP contribution in [-0.4, -0.2) is 36.2 Å². The molecule has 0 bridgehead atoms. The first-order valence-corrected chi connectivity index (χ1v) is 3.57. The van der Waals surface area contributed by atoms with E-state index in [2.05, 4.69) is 11.0 Å². The highest BCUT2D eigenvalue weighted by Crippen LogP contribution is 2.13. The second-order valence-corrected chi connectivity index (χ2v) is 2.73. The molecule has 56 valence electrons. The summed E-state index contributed by atoms with van der Waals surface area (Å²) in [5.74, 6) is 0.411. The van der Waals surface area contributed by atoms with Crippen molar-refractivity contribution in [2.75, 3.05) is 26.2 Å². The number of likely N-dealkylation sites (tertiary alicyclic amines) is 1. The molecule has 3 nitrogen and oxygen atoms in total.